The van der Waals surface area contributed by atoms with Crippen molar-refractivity contribution in [2.75, 3.05) is 11.9 Å². The van der Waals surface area contributed by atoms with E-state index in [-0.39, 0.29) is 12.1 Å². The van der Waals surface area contributed by atoms with Gasteiger partial charge in [-0.25, -0.2) is 0 Å². The van der Waals surface area contributed by atoms with E-state index in [4.69, 9.17) is 10.5 Å². The van der Waals surface area contributed by atoms with Crippen molar-refractivity contribution in [3.05, 3.63) is 41.5 Å². The van der Waals surface area contributed by atoms with Crippen molar-refractivity contribution >= 4 is 17.3 Å². The molecule has 0 unspecified atom stereocenters. The molecular weight excluding hydrogens is 354 g/mol. The molecule has 1 aliphatic carbocycles. The number of halogens is 2. The van der Waals surface area contributed by atoms with Crippen molar-refractivity contribution in [2.24, 2.45) is 11.7 Å². The summed E-state index contributed by atoms with van der Waals surface area (Å²) in [5, 5.41) is 3.09. The Morgan fingerprint density at radius 1 is 1.37 bits per heavy atom. The van der Waals surface area contributed by atoms with Crippen molar-refractivity contribution in [3.63, 3.8) is 0 Å². The van der Waals surface area contributed by atoms with Crippen LogP contribution in [0.2, 0.25) is 0 Å². The summed E-state index contributed by atoms with van der Waals surface area (Å²) in [4.78, 5) is 19.3. The number of alkyl halides is 2. The van der Waals surface area contributed by atoms with Crippen LogP contribution in [-0.4, -0.2) is 22.5 Å². The van der Waals surface area contributed by atoms with Gasteiger partial charge in [0.2, 0.25) is 5.91 Å². The Morgan fingerprint density at radius 2 is 2.11 bits per heavy atom. The van der Waals surface area contributed by atoms with Crippen LogP contribution in [-0.2, 0) is 17.1 Å². The van der Waals surface area contributed by atoms with Gasteiger partial charge in [0.1, 0.15) is 5.69 Å². The molecule has 0 aromatic carbocycles. The number of rotatable bonds is 8. The van der Waals surface area contributed by atoms with Gasteiger partial charge in [0.15, 0.2) is 5.75 Å². The van der Waals surface area contributed by atoms with Crippen LogP contribution in [0, 0.1) is 12.8 Å². The number of carbonyl (C=O) groups is 1. The van der Waals surface area contributed by atoms with Crippen molar-refractivity contribution in [1.82, 2.24) is 9.97 Å². The fourth-order valence-electron chi connectivity index (χ4n) is 2.59. The van der Waals surface area contributed by atoms with Crippen molar-refractivity contribution < 1.29 is 18.3 Å². The number of nitrogens with one attached hydrogen (secondary N) is 1. The minimum absolute atomic E-state index is 0.0226. The number of carbonyl (C=O) groups excluding carboxylic acids is 1. The predicted molar refractivity (Wildman–Crippen MR) is 97.2 cm³/mol. The lowest BCUT2D eigenvalue weighted by Gasteiger charge is -2.16. The molecule has 2 heterocycles. The number of pyridine rings is 2. The second-order valence-corrected chi connectivity index (χ2v) is 6.97. The second-order valence-electron chi connectivity index (χ2n) is 6.97. The summed E-state index contributed by atoms with van der Waals surface area (Å²) in [6.45, 7) is 3.02. The molecule has 144 valence electrons. The standard InChI is InChI=1S/C19H22F2N4O2/c1-11-5-14(7-17(24-11)19(2,20)21)25-15-6-13(8-18(22)26)23-9-16(15)27-10-12-3-4-12/h5-7,9,12H,3-4,8,10H2,1-2H3,(H2,22,26)(H,23,24,25). The molecule has 2 aromatic heterocycles. The average Bonchev–Trinajstić information content (AvgIpc) is 3.36. The molecule has 0 atom stereocenters. The van der Waals surface area contributed by atoms with Crippen LogP contribution in [0.4, 0.5) is 20.2 Å². The molecule has 8 heteroatoms. The number of amides is 1. The summed E-state index contributed by atoms with van der Waals surface area (Å²) in [5.41, 5.74) is 6.83. The molecule has 2 aromatic rings. The molecule has 3 N–H and O–H groups in total. The maximum absolute atomic E-state index is 13.7. The number of ether oxygens (including phenoxy) is 1. The van der Waals surface area contributed by atoms with E-state index in [0.717, 1.165) is 19.8 Å². The fraction of sp³-hybridized carbons (Fsp3) is 0.421. The highest BCUT2D eigenvalue weighted by molar-refractivity contribution is 5.77. The predicted octanol–water partition coefficient (Wildman–Crippen LogP) is 3.46. The Labute approximate surface area is 156 Å². The van der Waals surface area contributed by atoms with Crippen LogP contribution < -0.4 is 15.8 Å². The van der Waals surface area contributed by atoms with Crippen LogP contribution in [0.5, 0.6) is 5.75 Å². The van der Waals surface area contributed by atoms with Gasteiger partial charge in [-0.1, -0.05) is 0 Å². The number of aromatic nitrogens is 2. The maximum atomic E-state index is 13.7. The number of anilines is 2. The van der Waals surface area contributed by atoms with Gasteiger partial charge in [0.05, 0.1) is 30.6 Å². The summed E-state index contributed by atoms with van der Waals surface area (Å²) in [6, 6.07) is 4.60. The minimum atomic E-state index is -3.05. The second kappa shape index (κ2) is 7.46. The molecule has 0 spiro atoms. The molecule has 0 bridgehead atoms. The molecule has 3 rings (SSSR count). The summed E-state index contributed by atoms with van der Waals surface area (Å²) >= 11 is 0. The van der Waals surface area contributed by atoms with Crippen molar-refractivity contribution in [2.45, 2.75) is 39.0 Å². The number of hydrogen-bond acceptors (Lipinski definition) is 5. The Kier molecular flexibility index (Phi) is 5.25. The highest BCUT2D eigenvalue weighted by Gasteiger charge is 2.27. The molecule has 0 aliphatic heterocycles. The van der Waals surface area contributed by atoms with Crippen LogP contribution in [0.3, 0.4) is 0 Å². The van der Waals surface area contributed by atoms with Crippen LogP contribution in [0.1, 0.15) is 36.8 Å². The van der Waals surface area contributed by atoms with E-state index in [1.165, 1.54) is 12.3 Å². The largest absolute Gasteiger partial charge is 0.489 e. The third kappa shape index (κ3) is 5.35. The Morgan fingerprint density at radius 3 is 2.74 bits per heavy atom. The highest BCUT2D eigenvalue weighted by Crippen LogP contribution is 2.34. The van der Waals surface area contributed by atoms with E-state index in [1.807, 2.05) is 0 Å². The normalized spacial score (nSPS) is 14.1. The van der Waals surface area contributed by atoms with E-state index in [2.05, 4.69) is 15.3 Å². The van der Waals surface area contributed by atoms with E-state index in [1.54, 1.807) is 19.1 Å². The van der Waals surface area contributed by atoms with Gasteiger partial charge in [0, 0.05) is 18.3 Å². The van der Waals surface area contributed by atoms with E-state index in [9.17, 15) is 13.6 Å². The number of aryl methyl sites for hydroxylation is 1. The summed E-state index contributed by atoms with van der Waals surface area (Å²) in [7, 11) is 0. The third-order valence-electron chi connectivity index (χ3n) is 4.13. The molecular formula is C19H22F2N4O2. The first-order valence-electron chi connectivity index (χ1n) is 8.75. The van der Waals surface area contributed by atoms with E-state index < -0.39 is 11.8 Å². The molecule has 27 heavy (non-hydrogen) atoms. The lowest BCUT2D eigenvalue weighted by atomic mass is 10.2. The monoisotopic (exact) mass is 376 g/mol. The van der Waals surface area contributed by atoms with E-state index in [0.29, 0.717) is 41.0 Å². The van der Waals surface area contributed by atoms with Crippen molar-refractivity contribution in [3.8, 4) is 5.75 Å². The maximum Gasteiger partial charge on any atom is 0.287 e. The fourth-order valence-corrected chi connectivity index (χ4v) is 2.59. The number of nitrogens with two attached hydrogens (primary N) is 1. The smallest absolute Gasteiger partial charge is 0.287 e. The first kappa shape index (κ1) is 19.0. The minimum Gasteiger partial charge on any atom is -0.489 e. The quantitative estimate of drug-likeness (QED) is 0.736. The Bertz CT molecular complexity index is 848. The summed E-state index contributed by atoms with van der Waals surface area (Å²) in [6.07, 6.45) is 3.76. The Hall–Kier alpha value is -2.77. The van der Waals surface area contributed by atoms with Gasteiger partial charge >= 0.3 is 0 Å². The zero-order valence-electron chi connectivity index (χ0n) is 15.3. The molecule has 1 amide bonds. The zero-order chi connectivity index (χ0) is 19.6. The van der Waals surface area contributed by atoms with Gasteiger partial charge in [-0.3, -0.25) is 14.8 Å². The Balaban J connectivity index is 1.90. The van der Waals surface area contributed by atoms with Crippen LogP contribution in [0.25, 0.3) is 0 Å². The SMILES string of the molecule is Cc1cc(Nc2cc(CC(N)=O)ncc2OCC2CC2)cc(C(C)(F)F)n1. The lowest BCUT2D eigenvalue weighted by Crippen LogP contribution is -2.15. The summed E-state index contributed by atoms with van der Waals surface area (Å²) in [5.74, 6) is -2.53. The van der Waals surface area contributed by atoms with Gasteiger partial charge in [-0.15, -0.1) is 0 Å². The van der Waals surface area contributed by atoms with Gasteiger partial charge in [-0.05, 0) is 43.9 Å². The zero-order valence-corrected chi connectivity index (χ0v) is 15.3. The number of hydrogen-bond donors (Lipinski definition) is 2. The highest BCUT2D eigenvalue weighted by atomic mass is 19.3. The third-order valence-corrected chi connectivity index (χ3v) is 4.13. The van der Waals surface area contributed by atoms with Crippen LogP contribution in [0.15, 0.2) is 24.4 Å². The molecule has 0 saturated heterocycles. The van der Waals surface area contributed by atoms with Crippen molar-refractivity contribution in [1.29, 1.82) is 0 Å². The van der Waals surface area contributed by atoms with Crippen LogP contribution >= 0.6 is 0 Å². The summed E-state index contributed by atoms with van der Waals surface area (Å²) < 4.78 is 33.2. The number of primary amides is 1. The number of nitrogens with zero attached hydrogens (tertiary/aromatic N) is 2. The molecule has 1 aliphatic rings. The molecule has 0 radical (unpaired) electrons. The molecule has 1 saturated carbocycles. The topological polar surface area (TPSA) is 90.1 Å². The van der Waals surface area contributed by atoms with Gasteiger partial charge in [0.25, 0.3) is 5.92 Å². The van der Waals surface area contributed by atoms with Gasteiger partial charge in [-0.2, -0.15) is 8.78 Å². The first-order valence-corrected chi connectivity index (χ1v) is 8.75. The molecule has 6 nitrogen and oxygen atoms in total. The van der Waals surface area contributed by atoms with E-state index >= 15 is 0 Å². The molecule has 1 fully saturated rings. The first-order chi connectivity index (χ1) is 12.7. The average molecular weight is 376 g/mol. The lowest BCUT2D eigenvalue weighted by molar-refractivity contribution is -0.117. The van der Waals surface area contributed by atoms with Gasteiger partial charge < -0.3 is 15.8 Å².